The van der Waals surface area contributed by atoms with Gasteiger partial charge in [-0.25, -0.2) is 0 Å². The second-order valence-corrected chi connectivity index (χ2v) is 4.61. The lowest BCUT2D eigenvalue weighted by Crippen LogP contribution is -2.18. The zero-order valence-corrected chi connectivity index (χ0v) is 11.4. The summed E-state index contributed by atoms with van der Waals surface area (Å²) in [6.07, 6.45) is -1.39. The van der Waals surface area contributed by atoms with E-state index in [1.165, 1.54) is 16.8 Å². The molecule has 0 saturated carbocycles. The molecule has 0 N–H and O–H groups in total. The molecule has 112 valence electrons. The van der Waals surface area contributed by atoms with Gasteiger partial charge in [0.25, 0.3) is 0 Å². The monoisotopic (exact) mass is 298 g/mol. The number of rotatable bonds is 4. The van der Waals surface area contributed by atoms with E-state index < -0.39 is 12.4 Å². The molecule has 0 unspecified atom stereocenters. The van der Waals surface area contributed by atoms with E-state index in [4.69, 9.17) is 0 Å². The van der Waals surface area contributed by atoms with Gasteiger partial charge < -0.3 is 4.74 Å². The van der Waals surface area contributed by atoms with Gasteiger partial charge in [-0.3, -0.25) is 9.48 Å². The van der Waals surface area contributed by atoms with Crippen LogP contribution in [0.1, 0.15) is 28.9 Å². The van der Waals surface area contributed by atoms with Crippen LogP contribution in [-0.4, -0.2) is 21.9 Å². The molecule has 2 rings (SSSR count). The van der Waals surface area contributed by atoms with Crippen molar-refractivity contribution in [3.05, 3.63) is 47.8 Å². The summed E-state index contributed by atoms with van der Waals surface area (Å²) in [5, 5.41) is 4.05. The topological polar surface area (TPSA) is 44.1 Å². The van der Waals surface area contributed by atoms with E-state index in [1.807, 2.05) is 6.92 Å². The third-order valence-electron chi connectivity index (χ3n) is 2.88. The number of alkyl halides is 3. The predicted molar refractivity (Wildman–Crippen MR) is 69.1 cm³/mol. The Bertz CT molecular complexity index is 632. The minimum absolute atomic E-state index is 0.239. The van der Waals surface area contributed by atoms with Gasteiger partial charge in [0.2, 0.25) is 0 Å². The second-order valence-electron chi connectivity index (χ2n) is 4.61. The highest BCUT2D eigenvalue weighted by molar-refractivity contribution is 5.98. The molecule has 1 heterocycles. The number of ether oxygens (including phenoxy) is 1. The maximum absolute atomic E-state index is 12.2. The molecule has 7 heteroatoms. The Kier molecular flexibility index (Phi) is 4.02. The fourth-order valence-electron chi connectivity index (χ4n) is 1.83. The van der Waals surface area contributed by atoms with Gasteiger partial charge in [0.1, 0.15) is 11.8 Å². The highest BCUT2D eigenvalue weighted by atomic mass is 19.4. The van der Waals surface area contributed by atoms with Gasteiger partial charge in [0.15, 0.2) is 5.78 Å². The van der Waals surface area contributed by atoms with Crippen LogP contribution in [0.4, 0.5) is 13.2 Å². The fourth-order valence-corrected chi connectivity index (χ4v) is 1.83. The van der Waals surface area contributed by atoms with Gasteiger partial charge in [0.05, 0.1) is 6.20 Å². The lowest BCUT2D eigenvalue weighted by molar-refractivity contribution is -0.274. The summed E-state index contributed by atoms with van der Waals surface area (Å²) in [4.78, 5) is 12.2. The molecule has 0 radical (unpaired) electrons. The van der Waals surface area contributed by atoms with Crippen molar-refractivity contribution in [1.82, 2.24) is 9.78 Å². The quantitative estimate of drug-likeness (QED) is 0.811. The summed E-state index contributed by atoms with van der Waals surface area (Å²) in [7, 11) is 0. The maximum Gasteiger partial charge on any atom is 0.573 e. The number of aromatic nitrogens is 2. The first-order valence-electron chi connectivity index (χ1n) is 6.17. The zero-order valence-electron chi connectivity index (χ0n) is 11.4. The van der Waals surface area contributed by atoms with Crippen LogP contribution in [0.25, 0.3) is 0 Å². The van der Waals surface area contributed by atoms with Crippen LogP contribution < -0.4 is 4.74 Å². The number of nitrogens with zero attached hydrogens (tertiary/aromatic N) is 2. The molecular formula is C14H13F3N2O2. The van der Waals surface area contributed by atoms with Gasteiger partial charge in [0, 0.05) is 11.8 Å². The zero-order chi connectivity index (χ0) is 15.6. The number of carbonyl (C=O) groups excluding carboxylic acids is 1. The molecule has 0 bridgehead atoms. The third-order valence-corrected chi connectivity index (χ3v) is 2.88. The minimum Gasteiger partial charge on any atom is -0.406 e. The second kappa shape index (κ2) is 5.59. The minimum atomic E-state index is -4.74. The van der Waals surface area contributed by atoms with Crippen molar-refractivity contribution in [2.75, 3.05) is 0 Å². The standard InChI is InChI=1S/C14H13F3N2O2/c1-9-7-18-19(8-9)10(2)13(20)11-3-5-12(6-4-11)21-14(15,16)17/h3-8,10H,1-2H3/t10-/m1/s1. The van der Waals surface area contributed by atoms with Crippen molar-refractivity contribution in [3.63, 3.8) is 0 Å². The Morgan fingerprint density at radius 3 is 2.38 bits per heavy atom. The number of Topliss-reactive ketones (excluding diaryl/α,β-unsaturated/α-hetero) is 1. The van der Waals surface area contributed by atoms with Crippen molar-refractivity contribution in [2.45, 2.75) is 26.3 Å². The Morgan fingerprint density at radius 2 is 1.90 bits per heavy atom. The van der Waals surface area contributed by atoms with Gasteiger partial charge in [-0.05, 0) is 43.7 Å². The number of halogens is 3. The van der Waals surface area contributed by atoms with Crippen molar-refractivity contribution >= 4 is 5.78 Å². The van der Waals surface area contributed by atoms with E-state index >= 15 is 0 Å². The summed E-state index contributed by atoms with van der Waals surface area (Å²) in [6, 6.07) is 4.30. The summed E-state index contributed by atoms with van der Waals surface area (Å²) in [5.74, 6) is -0.599. The van der Waals surface area contributed by atoms with E-state index in [1.54, 1.807) is 19.3 Å². The fraction of sp³-hybridized carbons (Fsp3) is 0.286. The number of carbonyl (C=O) groups is 1. The molecule has 2 aromatic rings. The molecule has 0 aliphatic rings. The molecule has 0 amide bonds. The van der Waals surface area contributed by atoms with Gasteiger partial charge >= 0.3 is 6.36 Å². The SMILES string of the molecule is Cc1cnn([C@H](C)C(=O)c2ccc(OC(F)(F)F)cc2)c1. The number of hydrogen-bond acceptors (Lipinski definition) is 3. The van der Waals surface area contributed by atoms with Crippen LogP contribution in [0, 0.1) is 6.92 Å². The van der Waals surface area contributed by atoms with Crippen LogP contribution >= 0.6 is 0 Å². The van der Waals surface area contributed by atoms with Gasteiger partial charge in [-0.15, -0.1) is 13.2 Å². The summed E-state index contributed by atoms with van der Waals surface area (Å²) >= 11 is 0. The normalized spacial score (nSPS) is 13.0. The number of hydrogen-bond donors (Lipinski definition) is 0. The molecule has 1 aromatic carbocycles. The molecular weight excluding hydrogens is 285 g/mol. The maximum atomic E-state index is 12.2. The Labute approximate surface area is 119 Å². The Hall–Kier alpha value is -2.31. The summed E-state index contributed by atoms with van der Waals surface area (Å²) < 4.78 is 41.4. The van der Waals surface area contributed by atoms with Gasteiger partial charge in [-0.2, -0.15) is 5.10 Å². The number of ketones is 1. The first kappa shape index (κ1) is 15.1. The van der Waals surface area contributed by atoms with Crippen LogP contribution in [-0.2, 0) is 0 Å². The third kappa shape index (κ3) is 3.84. The van der Waals surface area contributed by atoms with E-state index in [-0.39, 0.29) is 11.5 Å². The Morgan fingerprint density at radius 1 is 1.29 bits per heavy atom. The molecule has 0 aliphatic heterocycles. The molecule has 0 aliphatic carbocycles. The highest BCUT2D eigenvalue weighted by Gasteiger charge is 2.31. The lowest BCUT2D eigenvalue weighted by atomic mass is 10.1. The number of benzene rings is 1. The average Bonchev–Trinajstić information content (AvgIpc) is 2.83. The van der Waals surface area contributed by atoms with Crippen molar-refractivity contribution in [1.29, 1.82) is 0 Å². The van der Waals surface area contributed by atoms with E-state index in [0.29, 0.717) is 5.56 Å². The molecule has 1 atom stereocenters. The average molecular weight is 298 g/mol. The highest BCUT2D eigenvalue weighted by Crippen LogP contribution is 2.24. The molecule has 0 saturated heterocycles. The van der Waals surface area contributed by atoms with E-state index in [9.17, 15) is 18.0 Å². The molecule has 1 aromatic heterocycles. The Balaban J connectivity index is 2.13. The van der Waals surface area contributed by atoms with Crippen LogP contribution in [0.3, 0.4) is 0 Å². The first-order valence-corrected chi connectivity index (χ1v) is 6.17. The largest absolute Gasteiger partial charge is 0.573 e. The molecule has 0 fully saturated rings. The molecule has 21 heavy (non-hydrogen) atoms. The van der Waals surface area contributed by atoms with Crippen LogP contribution in [0.15, 0.2) is 36.7 Å². The van der Waals surface area contributed by atoms with Crippen LogP contribution in [0.2, 0.25) is 0 Å². The van der Waals surface area contributed by atoms with E-state index in [2.05, 4.69) is 9.84 Å². The van der Waals surface area contributed by atoms with E-state index in [0.717, 1.165) is 17.7 Å². The summed E-state index contributed by atoms with van der Waals surface area (Å²) in [6.45, 7) is 3.53. The smallest absolute Gasteiger partial charge is 0.406 e. The van der Waals surface area contributed by atoms with Crippen molar-refractivity contribution in [2.24, 2.45) is 0 Å². The van der Waals surface area contributed by atoms with Gasteiger partial charge in [-0.1, -0.05) is 0 Å². The predicted octanol–water partition coefficient (Wildman–Crippen LogP) is 3.53. The lowest BCUT2D eigenvalue weighted by Gasteiger charge is -2.12. The first-order chi connectivity index (χ1) is 9.76. The van der Waals surface area contributed by atoms with Crippen LogP contribution in [0.5, 0.6) is 5.75 Å². The van der Waals surface area contributed by atoms with Crippen molar-refractivity contribution in [3.8, 4) is 5.75 Å². The molecule has 4 nitrogen and oxygen atoms in total. The summed E-state index contributed by atoms with van der Waals surface area (Å²) in [5.41, 5.74) is 1.22. The number of aryl methyl sites for hydroxylation is 1. The molecule has 0 spiro atoms. The van der Waals surface area contributed by atoms with Crippen molar-refractivity contribution < 1.29 is 22.7 Å².